The predicted octanol–water partition coefficient (Wildman–Crippen LogP) is 2.46. The SMILES string of the molecule is Cc1nc2cc(C(=O)N3CCC(C4Nc5ccccc5S(=O)(=O)N4)CC3)ccc2n1C. The third-order valence-corrected chi connectivity index (χ3v) is 7.92. The third-order valence-electron chi connectivity index (χ3n) is 6.42. The van der Waals surface area contributed by atoms with Crippen LogP contribution in [0.3, 0.4) is 0 Å². The predicted molar refractivity (Wildman–Crippen MR) is 118 cm³/mol. The molecule has 0 bridgehead atoms. The number of para-hydroxylation sites is 1. The Labute approximate surface area is 181 Å². The van der Waals surface area contributed by atoms with Gasteiger partial charge in [0.1, 0.15) is 10.7 Å². The first-order valence-corrected chi connectivity index (χ1v) is 11.9. The van der Waals surface area contributed by atoms with Crippen molar-refractivity contribution in [1.82, 2.24) is 19.2 Å². The number of hydrogen-bond acceptors (Lipinski definition) is 5. The number of amides is 1. The van der Waals surface area contributed by atoms with Crippen LogP contribution in [0, 0.1) is 12.8 Å². The molecular weight excluding hydrogens is 414 g/mol. The number of fused-ring (bicyclic) bond motifs is 2. The van der Waals surface area contributed by atoms with Crippen molar-refractivity contribution in [3.63, 3.8) is 0 Å². The van der Waals surface area contributed by atoms with Gasteiger partial charge >= 0.3 is 0 Å². The number of piperidine rings is 1. The van der Waals surface area contributed by atoms with Crippen molar-refractivity contribution in [2.24, 2.45) is 13.0 Å². The van der Waals surface area contributed by atoms with Crippen molar-refractivity contribution < 1.29 is 13.2 Å². The van der Waals surface area contributed by atoms with E-state index in [4.69, 9.17) is 0 Å². The molecular formula is C22H25N5O3S. The van der Waals surface area contributed by atoms with Gasteiger partial charge in [-0.15, -0.1) is 0 Å². The fourth-order valence-corrected chi connectivity index (χ4v) is 5.92. The molecule has 3 heterocycles. The summed E-state index contributed by atoms with van der Waals surface area (Å²) < 4.78 is 30.0. The van der Waals surface area contributed by atoms with Gasteiger partial charge in [0.05, 0.1) is 22.9 Å². The Kier molecular flexibility index (Phi) is 4.75. The molecule has 2 aliphatic rings. The van der Waals surface area contributed by atoms with Gasteiger partial charge in [-0.2, -0.15) is 4.72 Å². The minimum absolute atomic E-state index is 0.00816. The summed E-state index contributed by atoms with van der Waals surface area (Å²) in [4.78, 5) is 19.7. The lowest BCUT2D eigenvalue weighted by atomic mass is 9.93. The zero-order valence-electron chi connectivity index (χ0n) is 17.5. The molecule has 5 rings (SSSR count). The highest BCUT2D eigenvalue weighted by Gasteiger charge is 2.36. The van der Waals surface area contributed by atoms with Crippen LogP contribution in [0.2, 0.25) is 0 Å². The van der Waals surface area contributed by atoms with Gasteiger partial charge in [-0.05, 0) is 56.0 Å². The molecule has 1 aromatic heterocycles. The number of benzene rings is 2. The Bertz CT molecular complexity index is 1280. The molecule has 3 aromatic rings. The quantitative estimate of drug-likeness (QED) is 0.640. The minimum atomic E-state index is -3.54. The molecule has 31 heavy (non-hydrogen) atoms. The normalized spacial score (nSPS) is 21.0. The van der Waals surface area contributed by atoms with Crippen LogP contribution in [0.1, 0.15) is 29.0 Å². The summed E-state index contributed by atoms with van der Waals surface area (Å²) in [6.45, 7) is 3.12. The molecule has 2 aliphatic heterocycles. The number of aryl methyl sites for hydroxylation is 2. The van der Waals surface area contributed by atoms with E-state index in [0.717, 1.165) is 29.7 Å². The smallest absolute Gasteiger partial charge is 0.253 e. The molecule has 0 aliphatic carbocycles. The number of nitrogens with zero attached hydrogens (tertiary/aromatic N) is 3. The van der Waals surface area contributed by atoms with Crippen LogP contribution >= 0.6 is 0 Å². The van der Waals surface area contributed by atoms with E-state index < -0.39 is 10.0 Å². The van der Waals surface area contributed by atoms with Gasteiger partial charge in [0, 0.05) is 25.7 Å². The van der Waals surface area contributed by atoms with Gasteiger partial charge in [0.2, 0.25) is 10.0 Å². The zero-order valence-corrected chi connectivity index (χ0v) is 18.3. The Morgan fingerprint density at radius 2 is 1.87 bits per heavy atom. The van der Waals surface area contributed by atoms with Crippen molar-refractivity contribution in [2.45, 2.75) is 30.8 Å². The molecule has 1 unspecified atom stereocenters. The highest BCUT2D eigenvalue weighted by atomic mass is 32.2. The molecule has 0 spiro atoms. The highest BCUT2D eigenvalue weighted by molar-refractivity contribution is 7.89. The number of carbonyl (C=O) groups excluding carboxylic acids is 1. The maximum absolute atomic E-state index is 13.0. The summed E-state index contributed by atoms with van der Waals surface area (Å²) in [6.07, 6.45) is 1.07. The number of aromatic nitrogens is 2. The summed E-state index contributed by atoms with van der Waals surface area (Å²) >= 11 is 0. The molecule has 162 valence electrons. The largest absolute Gasteiger partial charge is 0.368 e. The number of imidazole rings is 1. The summed E-state index contributed by atoms with van der Waals surface area (Å²) in [5, 5.41) is 3.32. The van der Waals surface area contributed by atoms with Crippen LogP contribution in [0.5, 0.6) is 0 Å². The Hall–Kier alpha value is -2.91. The average molecular weight is 440 g/mol. The minimum Gasteiger partial charge on any atom is -0.368 e. The van der Waals surface area contributed by atoms with E-state index in [1.807, 2.05) is 47.7 Å². The van der Waals surface area contributed by atoms with Crippen LogP contribution in [0.4, 0.5) is 5.69 Å². The standard InChI is InChI=1S/C22H25N5O3S/c1-14-23-18-13-16(7-8-19(18)26(14)2)22(28)27-11-9-15(10-12-27)21-24-17-5-3-4-6-20(17)31(29,30)25-21/h3-8,13,15,21,24-25H,9-12H2,1-2H3. The zero-order chi connectivity index (χ0) is 21.8. The maximum Gasteiger partial charge on any atom is 0.253 e. The van der Waals surface area contributed by atoms with E-state index in [2.05, 4.69) is 15.0 Å². The number of carbonyl (C=O) groups is 1. The topological polar surface area (TPSA) is 96.3 Å². The van der Waals surface area contributed by atoms with E-state index in [-0.39, 0.29) is 22.9 Å². The lowest BCUT2D eigenvalue weighted by Crippen LogP contribution is -2.52. The first kappa shape index (κ1) is 20.0. The molecule has 9 heteroatoms. The van der Waals surface area contributed by atoms with Gasteiger partial charge in [-0.25, -0.2) is 13.4 Å². The molecule has 8 nitrogen and oxygen atoms in total. The summed E-state index contributed by atoms with van der Waals surface area (Å²) in [6, 6.07) is 12.6. The molecule has 0 radical (unpaired) electrons. The molecule has 1 atom stereocenters. The van der Waals surface area contributed by atoms with E-state index in [1.54, 1.807) is 18.2 Å². The number of rotatable bonds is 2. The summed E-state index contributed by atoms with van der Waals surface area (Å²) in [5.74, 6) is 1.00. The highest BCUT2D eigenvalue weighted by Crippen LogP contribution is 2.31. The van der Waals surface area contributed by atoms with Crippen molar-refractivity contribution >= 4 is 32.7 Å². The summed E-state index contributed by atoms with van der Waals surface area (Å²) in [7, 11) is -1.58. The molecule has 0 saturated carbocycles. The van der Waals surface area contributed by atoms with Crippen LogP contribution in [-0.2, 0) is 17.1 Å². The number of sulfonamides is 1. The molecule has 1 fully saturated rings. The molecule has 1 amide bonds. The molecule has 2 aromatic carbocycles. The number of nitrogens with one attached hydrogen (secondary N) is 2. The molecule has 2 N–H and O–H groups in total. The van der Waals surface area contributed by atoms with E-state index in [1.165, 1.54) is 0 Å². The van der Waals surface area contributed by atoms with Gasteiger partial charge < -0.3 is 14.8 Å². The lowest BCUT2D eigenvalue weighted by Gasteiger charge is -2.38. The van der Waals surface area contributed by atoms with Gasteiger partial charge in [-0.1, -0.05) is 12.1 Å². The van der Waals surface area contributed by atoms with Gasteiger partial charge in [-0.3, -0.25) is 4.79 Å². The van der Waals surface area contributed by atoms with Crippen molar-refractivity contribution in [1.29, 1.82) is 0 Å². The third kappa shape index (κ3) is 3.47. The Morgan fingerprint density at radius 1 is 1.13 bits per heavy atom. The van der Waals surface area contributed by atoms with Crippen LogP contribution in [0.15, 0.2) is 47.4 Å². The summed E-state index contributed by atoms with van der Waals surface area (Å²) in [5.41, 5.74) is 3.09. The van der Waals surface area contributed by atoms with Crippen LogP contribution in [0.25, 0.3) is 11.0 Å². The van der Waals surface area contributed by atoms with Gasteiger partial charge in [0.25, 0.3) is 5.91 Å². The Balaban J connectivity index is 1.28. The van der Waals surface area contributed by atoms with Crippen molar-refractivity contribution in [3.8, 4) is 0 Å². The Morgan fingerprint density at radius 3 is 2.65 bits per heavy atom. The number of likely N-dealkylation sites (tertiary alicyclic amines) is 1. The maximum atomic E-state index is 13.0. The average Bonchev–Trinajstić information content (AvgIpc) is 3.06. The second kappa shape index (κ2) is 7.35. The van der Waals surface area contributed by atoms with Gasteiger partial charge in [0.15, 0.2) is 0 Å². The molecule has 1 saturated heterocycles. The second-order valence-corrected chi connectivity index (χ2v) is 9.97. The van der Waals surface area contributed by atoms with E-state index in [0.29, 0.717) is 24.3 Å². The van der Waals surface area contributed by atoms with Crippen molar-refractivity contribution in [2.75, 3.05) is 18.4 Å². The first-order chi connectivity index (χ1) is 14.8. The van der Waals surface area contributed by atoms with E-state index in [9.17, 15) is 13.2 Å². The van der Waals surface area contributed by atoms with Crippen LogP contribution < -0.4 is 10.0 Å². The second-order valence-electron chi connectivity index (χ2n) is 8.29. The first-order valence-electron chi connectivity index (χ1n) is 10.4. The monoisotopic (exact) mass is 439 g/mol. The van der Waals surface area contributed by atoms with Crippen molar-refractivity contribution in [3.05, 3.63) is 53.9 Å². The van der Waals surface area contributed by atoms with Crippen LogP contribution in [-0.4, -0.2) is 48.0 Å². The van der Waals surface area contributed by atoms with E-state index >= 15 is 0 Å². The number of hydrogen-bond donors (Lipinski definition) is 2. The fourth-order valence-electron chi connectivity index (χ4n) is 4.53. The fraction of sp³-hybridized carbons (Fsp3) is 0.364. The number of anilines is 1. The lowest BCUT2D eigenvalue weighted by molar-refractivity contribution is 0.0679.